The molecule has 0 amide bonds. The number of fused-ring (bicyclic) bond motifs is 3. The molecule has 0 saturated carbocycles. The zero-order valence-corrected chi connectivity index (χ0v) is 18.3. The first-order valence-corrected chi connectivity index (χ1v) is 11.6. The lowest BCUT2D eigenvalue weighted by Gasteiger charge is -2.11. The fourth-order valence-electron chi connectivity index (χ4n) is 4.32. The van der Waals surface area contributed by atoms with Crippen LogP contribution in [0.5, 0.6) is 0 Å². The van der Waals surface area contributed by atoms with Crippen LogP contribution in [0.25, 0.3) is 42.4 Å². The Bertz CT molecular complexity index is 1550. The first-order valence-electron chi connectivity index (χ1n) is 10.8. The molecule has 0 bridgehead atoms. The van der Waals surface area contributed by atoms with Crippen LogP contribution >= 0.6 is 11.3 Å². The second-order valence-electron chi connectivity index (χ2n) is 7.93. The summed E-state index contributed by atoms with van der Waals surface area (Å²) in [6.07, 6.45) is 0. The molecule has 0 spiro atoms. The molecule has 0 aliphatic heterocycles. The number of rotatable bonds is 4. The van der Waals surface area contributed by atoms with Gasteiger partial charge in [-0.05, 0) is 58.7 Å². The van der Waals surface area contributed by atoms with Gasteiger partial charge in [0.2, 0.25) is 0 Å². The largest absolute Gasteiger partial charge is 0.355 e. The predicted octanol–water partition coefficient (Wildman–Crippen LogP) is 9.13. The molecule has 0 atom stereocenters. The van der Waals surface area contributed by atoms with Gasteiger partial charge < -0.3 is 5.32 Å². The molecule has 0 saturated heterocycles. The smallest absolute Gasteiger partial charge is 0.0478 e. The van der Waals surface area contributed by atoms with E-state index in [1.54, 1.807) is 0 Å². The van der Waals surface area contributed by atoms with Crippen molar-refractivity contribution in [1.82, 2.24) is 0 Å². The molecule has 1 heterocycles. The quantitative estimate of drug-likeness (QED) is 0.296. The number of anilines is 2. The third-order valence-corrected chi connectivity index (χ3v) is 6.98. The van der Waals surface area contributed by atoms with Gasteiger partial charge >= 0.3 is 0 Å². The van der Waals surface area contributed by atoms with Crippen LogP contribution in [0.2, 0.25) is 0 Å². The summed E-state index contributed by atoms with van der Waals surface area (Å²) in [6.45, 7) is 0. The van der Waals surface area contributed by atoms with Gasteiger partial charge in [-0.1, -0.05) is 84.9 Å². The highest BCUT2D eigenvalue weighted by atomic mass is 32.1. The Morgan fingerprint density at radius 2 is 1.09 bits per heavy atom. The van der Waals surface area contributed by atoms with Gasteiger partial charge in [0.05, 0.1) is 0 Å². The molecule has 6 aromatic rings. The van der Waals surface area contributed by atoms with E-state index in [1.165, 1.54) is 42.4 Å². The molecule has 6 rings (SSSR count). The average Bonchev–Trinajstić information content (AvgIpc) is 3.25. The molecular formula is C30H21NS. The van der Waals surface area contributed by atoms with Gasteiger partial charge in [0.1, 0.15) is 0 Å². The first kappa shape index (κ1) is 18.9. The van der Waals surface area contributed by atoms with E-state index < -0.39 is 0 Å². The molecule has 0 unspecified atom stereocenters. The fraction of sp³-hybridized carbons (Fsp3) is 0. The molecule has 0 aliphatic carbocycles. The van der Waals surface area contributed by atoms with Crippen LogP contribution in [-0.2, 0) is 0 Å². The average molecular weight is 428 g/mol. The van der Waals surface area contributed by atoms with Crippen molar-refractivity contribution in [3.63, 3.8) is 0 Å². The predicted molar refractivity (Wildman–Crippen MR) is 140 cm³/mol. The zero-order chi connectivity index (χ0) is 21.3. The van der Waals surface area contributed by atoms with Crippen LogP contribution < -0.4 is 5.32 Å². The van der Waals surface area contributed by atoms with Crippen molar-refractivity contribution >= 4 is 42.9 Å². The van der Waals surface area contributed by atoms with Crippen LogP contribution in [0.4, 0.5) is 11.4 Å². The lowest BCUT2D eigenvalue weighted by atomic mass is 9.99. The van der Waals surface area contributed by atoms with E-state index in [0.717, 1.165) is 11.4 Å². The Labute approximate surface area is 191 Å². The molecule has 32 heavy (non-hydrogen) atoms. The third kappa shape index (κ3) is 3.45. The lowest BCUT2D eigenvalue weighted by molar-refractivity contribution is 1.56. The Morgan fingerprint density at radius 1 is 0.469 bits per heavy atom. The first-order chi connectivity index (χ1) is 15.8. The Morgan fingerprint density at radius 3 is 1.97 bits per heavy atom. The topological polar surface area (TPSA) is 12.0 Å². The van der Waals surface area contributed by atoms with Crippen molar-refractivity contribution in [2.75, 3.05) is 5.32 Å². The van der Waals surface area contributed by atoms with Gasteiger partial charge in [-0.2, -0.15) is 0 Å². The summed E-state index contributed by atoms with van der Waals surface area (Å²) in [4.78, 5) is 0. The minimum absolute atomic E-state index is 1.09. The van der Waals surface area contributed by atoms with Gasteiger partial charge in [0.15, 0.2) is 0 Å². The maximum absolute atomic E-state index is 3.69. The normalized spacial score (nSPS) is 11.1. The minimum Gasteiger partial charge on any atom is -0.355 e. The van der Waals surface area contributed by atoms with Crippen LogP contribution in [0.3, 0.4) is 0 Å². The van der Waals surface area contributed by atoms with Crippen LogP contribution in [0.1, 0.15) is 0 Å². The van der Waals surface area contributed by atoms with Crippen molar-refractivity contribution < 1.29 is 0 Å². The van der Waals surface area contributed by atoms with Crippen molar-refractivity contribution in [1.29, 1.82) is 0 Å². The van der Waals surface area contributed by atoms with E-state index >= 15 is 0 Å². The highest BCUT2D eigenvalue weighted by Crippen LogP contribution is 2.39. The van der Waals surface area contributed by atoms with Crippen LogP contribution in [-0.4, -0.2) is 0 Å². The number of thiophene rings is 1. The monoisotopic (exact) mass is 427 g/mol. The van der Waals surface area contributed by atoms with E-state index in [4.69, 9.17) is 0 Å². The fourth-order valence-corrected chi connectivity index (χ4v) is 5.45. The van der Waals surface area contributed by atoms with Gasteiger partial charge in [-0.15, -0.1) is 11.3 Å². The van der Waals surface area contributed by atoms with Crippen molar-refractivity contribution in [3.8, 4) is 22.3 Å². The molecule has 2 heteroatoms. The molecule has 0 fully saturated rings. The third-order valence-electron chi connectivity index (χ3n) is 5.85. The van der Waals surface area contributed by atoms with Gasteiger partial charge in [-0.25, -0.2) is 0 Å². The summed E-state index contributed by atoms with van der Waals surface area (Å²) in [5, 5.41) is 6.29. The van der Waals surface area contributed by atoms with E-state index in [0.29, 0.717) is 0 Å². The standard InChI is InChI=1S/C30H21NS/c1-2-9-21(10-3-1)22-11-6-12-23(19-22)24-13-7-14-25(20-24)31-27-16-8-18-29-30(27)26-15-4-5-17-28(26)32-29/h1-20,31H. The summed E-state index contributed by atoms with van der Waals surface area (Å²) < 4.78 is 2.63. The molecule has 1 N–H and O–H groups in total. The molecule has 1 nitrogen and oxygen atoms in total. The molecule has 1 aromatic heterocycles. The Balaban J connectivity index is 1.38. The summed E-state index contributed by atoms with van der Waals surface area (Å²) in [7, 11) is 0. The summed E-state index contributed by atoms with van der Waals surface area (Å²) in [5.74, 6) is 0. The zero-order valence-electron chi connectivity index (χ0n) is 17.5. The highest BCUT2D eigenvalue weighted by molar-refractivity contribution is 7.25. The molecule has 0 aliphatic rings. The van der Waals surface area contributed by atoms with E-state index in [-0.39, 0.29) is 0 Å². The second-order valence-corrected chi connectivity index (χ2v) is 9.01. The lowest BCUT2D eigenvalue weighted by Crippen LogP contribution is -1.91. The van der Waals surface area contributed by atoms with E-state index in [2.05, 4.69) is 127 Å². The van der Waals surface area contributed by atoms with Crippen LogP contribution in [0, 0.1) is 0 Å². The molecule has 0 radical (unpaired) electrons. The van der Waals surface area contributed by atoms with Crippen molar-refractivity contribution in [2.24, 2.45) is 0 Å². The minimum atomic E-state index is 1.09. The van der Waals surface area contributed by atoms with E-state index in [1.807, 2.05) is 11.3 Å². The highest BCUT2D eigenvalue weighted by Gasteiger charge is 2.10. The number of nitrogens with one attached hydrogen (secondary N) is 1. The second kappa shape index (κ2) is 7.99. The Hall–Kier alpha value is -3.88. The summed E-state index contributed by atoms with van der Waals surface area (Å²) >= 11 is 1.85. The van der Waals surface area contributed by atoms with Gasteiger partial charge in [0.25, 0.3) is 0 Å². The maximum atomic E-state index is 3.69. The summed E-state index contributed by atoms with van der Waals surface area (Å²) in [5.41, 5.74) is 7.13. The number of hydrogen-bond donors (Lipinski definition) is 1. The number of hydrogen-bond acceptors (Lipinski definition) is 2. The molecular weight excluding hydrogens is 406 g/mol. The molecule has 5 aromatic carbocycles. The van der Waals surface area contributed by atoms with Gasteiger partial charge in [0, 0.05) is 31.5 Å². The number of benzene rings is 5. The SMILES string of the molecule is c1ccc(-c2cccc(-c3cccc(Nc4cccc5sc6ccccc6c45)c3)c2)cc1. The van der Waals surface area contributed by atoms with Crippen molar-refractivity contribution in [2.45, 2.75) is 0 Å². The van der Waals surface area contributed by atoms with E-state index in [9.17, 15) is 0 Å². The summed E-state index contributed by atoms with van der Waals surface area (Å²) in [6, 6.07) is 43.1. The van der Waals surface area contributed by atoms with Crippen LogP contribution in [0.15, 0.2) is 121 Å². The van der Waals surface area contributed by atoms with Gasteiger partial charge in [-0.3, -0.25) is 0 Å². The van der Waals surface area contributed by atoms with Crippen molar-refractivity contribution in [3.05, 3.63) is 121 Å². The Kier molecular flexibility index (Phi) is 4.71. The maximum Gasteiger partial charge on any atom is 0.0478 e. The molecule has 152 valence electrons.